The van der Waals surface area contributed by atoms with Gasteiger partial charge >= 0.3 is 0 Å². The van der Waals surface area contributed by atoms with Crippen LogP contribution in [0.3, 0.4) is 0 Å². The molecule has 3 aromatic carbocycles. The van der Waals surface area contributed by atoms with Gasteiger partial charge in [0, 0.05) is 42.2 Å². The maximum absolute atomic E-state index is 13.1. The number of benzene rings is 3. The van der Waals surface area contributed by atoms with Gasteiger partial charge in [0.25, 0.3) is 0 Å². The van der Waals surface area contributed by atoms with Crippen LogP contribution in [0.2, 0.25) is 0 Å². The van der Waals surface area contributed by atoms with Crippen molar-refractivity contribution in [1.29, 1.82) is 0 Å². The average molecular weight is 508 g/mol. The quantitative estimate of drug-likeness (QED) is 0.327. The molecule has 1 aliphatic heterocycles. The molecule has 0 aliphatic carbocycles. The summed E-state index contributed by atoms with van der Waals surface area (Å²) in [5, 5.41) is 12.3. The molecule has 2 heterocycles. The highest BCUT2D eigenvalue weighted by Crippen LogP contribution is 2.36. The predicted molar refractivity (Wildman–Crippen MR) is 151 cm³/mol. The van der Waals surface area contributed by atoms with Crippen molar-refractivity contribution in [2.45, 2.75) is 40.7 Å². The van der Waals surface area contributed by atoms with Crippen LogP contribution >= 0.6 is 0 Å². The largest absolute Gasteiger partial charge is 0.494 e. The molecule has 0 saturated carbocycles. The van der Waals surface area contributed by atoms with Gasteiger partial charge in [-0.1, -0.05) is 48.5 Å². The first-order chi connectivity index (χ1) is 18.2. The number of fused-ring (bicyclic) bond motifs is 1. The zero-order chi connectivity index (χ0) is 27.0. The van der Waals surface area contributed by atoms with Crippen molar-refractivity contribution in [3.63, 3.8) is 0 Å². The number of ketones is 1. The summed E-state index contributed by atoms with van der Waals surface area (Å²) in [6.07, 6.45) is 0.219. The van der Waals surface area contributed by atoms with Gasteiger partial charge in [-0.2, -0.15) is 0 Å². The van der Waals surface area contributed by atoms with E-state index in [2.05, 4.69) is 17.1 Å². The molecule has 0 bridgehead atoms. The summed E-state index contributed by atoms with van der Waals surface area (Å²) in [5.41, 5.74) is 7.35. The molecule has 0 spiro atoms. The fraction of sp³-hybridized carbons (Fsp3) is 0.281. The van der Waals surface area contributed by atoms with Crippen LogP contribution < -0.4 is 0 Å². The minimum atomic E-state index is -0.365. The smallest absolute Gasteiger partial charge is 0.223 e. The molecule has 1 atom stereocenters. The Labute approximate surface area is 223 Å². The van der Waals surface area contributed by atoms with Crippen molar-refractivity contribution in [3.8, 4) is 11.6 Å². The molecule has 1 aromatic heterocycles. The van der Waals surface area contributed by atoms with E-state index in [1.165, 1.54) is 0 Å². The van der Waals surface area contributed by atoms with E-state index in [-0.39, 0.29) is 36.5 Å². The molecule has 194 valence electrons. The van der Waals surface area contributed by atoms with Crippen LogP contribution in [0.1, 0.15) is 41.2 Å². The molecule has 1 unspecified atom stereocenters. The van der Waals surface area contributed by atoms with Gasteiger partial charge in [0.15, 0.2) is 5.78 Å². The van der Waals surface area contributed by atoms with E-state index in [0.29, 0.717) is 24.4 Å². The lowest BCUT2D eigenvalue weighted by Gasteiger charge is -2.16. The number of aryl methyl sites for hydroxylation is 3. The molecule has 1 N–H and O–H groups in total. The molecule has 1 amide bonds. The summed E-state index contributed by atoms with van der Waals surface area (Å²) < 4.78 is 1.86. The van der Waals surface area contributed by atoms with Crippen LogP contribution in [0.5, 0.6) is 5.88 Å². The number of aromatic nitrogens is 1. The molecular weight excluding hydrogens is 474 g/mol. The normalized spacial score (nSPS) is 16.0. The van der Waals surface area contributed by atoms with Gasteiger partial charge in [0.05, 0.1) is 17.6 Å². The molecule has 1 aliphatic rings. The monoisotopic (exact) mass is 507 g/mol. The fourth-order valence-electron chi connectivity index (χ4n) is 5.43. The average Bonchev–Trinajstić information content (AvgIpc) is 3.38. The lowest BCUT2D eigenvalue weighted by molar-refractivity contribution is -0.128. The number of carbonyl (C=O) groups excluding carboxylic acids is 2. The fourth-order valence-corrected chi connectivity index (χ4v) is 5.43. The SMILES string of the molecule is CC(=NCC(=O)C1CC(=O)N(Cc2ccccc2)C1)c1c(O)n(-c2cc(C)cc(C)c2)c2cc(C)ccc12. The van der Waals surface area contributed by atoms with Gasteiger partial charge in [-0.15, -0.1) is 0 Å². The molecular formula is C32H33N3O3. The lowest BCUT2D eigenvalue weighted by atomic mass is 10.0. The maximum atomic E-state index is 13.1. The van der Waals surface area contributed by atoms with E-state index in [0.717, 1.165) is 38.8 Å². The van der Waals surface area contributed by atoms with Gasteiger partial charge in [-0.05, 0) is 68.1 Å². The van der Waals surface area contributed by atoms with Gasteiger partial charge in [0.1, 0.15) is 0 Å². The molecule has 38 heavy (non-hydrogen) atoms. The topological polar surface area (TPSA) is 74.9 Å². The van der Waals surface area contributed by atoms with Gasteiger partial charge < -0.3 is 10.0 Å². The van der Waals surface area contributed by atoms with Crippen LogP contribution in [0.4, 0.5) is 0 Å². The number of aromatic hydroxyl groups is 1. The minimum absolute atomic E-state index is 0.00237. The lowest BCUT2D eigenvalue weighted by Crippen LogP contribution is -2.26. The summed E-state index contributed by atoms with van der Waals surface area (Å²) in [4.78, 5) is 32.0. The molecule has 6 nitrogen and oxygen atoms in total. The third kappa shape index (κ3) is 4.99. The first-order valence-electron chi connectivity index (χ1n) is 13.0. The Balaban J connectivity index is 1.40. The number of rotatable bonds is 7. The molecule has 0 radical (unpaired) electrons. The van der Waals surface area contributed by atoms with Crippen molar-refractivity contribution in [2.75, 3.05) is 13.1 Å². The Morgan fingerprint density at radius 3 is 2.39 bits per heavy atom. The number of nitrogens with zero attached hydrogens (tertiary/aromatic N) is 3. The van der Waals surface area contributed by atoms with Crippen LogP contribution in [-0.2, 0) is 16.1 Å². The van der Waals surface area contributed by atoms with E-state index < -0.39 is 0 Å². The van der Waals surface area contributed by atoms with Crippen LogP contribution in [0.25, 0.3) is 16.6 Å². The summed E-state index contributed by atoms with van der Waals surface area (Å²) in [6, 6.07) is 22.1. The summed E-state index contributed by atoms with van der Waals surface area (Å²) in [6.45, 7) is 8.84. The van der Waals surface area contributed by atoms with E-state index in [9.17, 15) is 14.7 Å². The van der Waals surface area contributed by atoms with Crippen LogP contribution in [0, 0.1) is 26.7 Å². The number of hydrogen-bond donors (Lipinski definition) is 1. The van der Waals surface area contributed by atoms with Gasteiger partial charge in [-0.25, -0.2) is 0 Å². The molecule has 4 aromatic rings. The highest BCUT2D eigenvalue weighted by Gasteiger charge is 2.34. The standard InChI is InChI=1S/C32H33N3O3/c1-20-10-11-27-28(15-20)35(26-13-21(2)12-22(3)14-26)32(38)31(27)23(4)33-17-29(36)25-16-30(37)34(19-25)18-24-8-6-5-7-9-24/h5-15,25,38H,16-19H2,1-4H3. The number of amides is 1. The number of hydrogen-bond acceptors (Lipinski definition) is 4. The Kier molecular flexibility index (Phi) is 6.89. The van der Waals surface area contributed by atoms with Crippen molar-refractivity contribution < 1.29 is 14.7 Å². The molecule has 1 saturated heterocycles. The minimum Gasteiger partial charge on any atom is -0.494 e. The highest BCUT2D eigenvalue weighted by atomic mass is 16.3. The summed E-state index contributed by atoms with van der Waals surface area (Å²) in [7, 11) is 0. The predicted octanol–water partition coefficient (Wildman–Crippen LogP) is 5.69. The Morgan fingerprint density at radius 2 is 1.68 bits per heavy atom. The summed E-state index contributed by atoms with van der Waals surface area (Å²) >= 11 is 0. The second kappa shape index (κ2) is 10.3. The maximum Gasteiger partial charge on any atom is 0.223 e. The first kappa shape index (κ1) is 25.5. The zero-order valence-corrected chi connectivity index (χ0v) is 22.4. The van der Waals surface area contributed by atoms with Crippen molar-refractivity contribution in [2.24, 2.45) is 10.9 Å². The van der Waals surface area contributed by atoms with Crippen molar-refractivity contribution in [1.82, 2.24) is 9.47 Å². The first-order valence-corrected chi connectivity index (χ1v) is 13.0. The third-order valence-corrected chi connectivity index (χ3v) is 7.28. The highest BCUT2D eigenvalue weighted by molar-refractivity contribution is 6.13. The molecule has 6 heteroatoms. The Hall–Kier alpha value is -4.19. The third-order valence-electron chi connectivity index (χ3n) is 7.28. The molecule has 5 rings (SSSR count). The molecule has 1 fully saturated rings. The van der Waals surface area contributed by atoms with Crippen LogP contribution in [0.15, 0.2) is 71.7 Å². The van der Waals surface area contributed by atoms with Crippen molar-refractivity contribution in [3.05, 3.63) is 94.5 Å². The van der Waals surface area contributed by atoms with E-state index >= 15 is 0 Å². The zero-order valence-electron chi connectivity index (χ0n) is 22.4. The van der Waals surface area contributed by atoms with E-state index in [1.54, 1.807) is 4.90 Å². The van der Waals surface area contributed by atoms with Gasteiger partial charge in [-0.3, -0.25) is 19.1 Å². The number of aliphatic imine (C=N–C) groups is 1. The Bertz CT molecular complexity index is 1550. The number of carbonyl (C=O) groups is 2. The van der Waals surface area contributed by atoms with Gasteiger partial charge in [0.2, 0.25) is 11.8 Å². The second-order valence-corrected chi connectivity index (χ2v) is 10.4. The van der Waals surface area contributed by atoms with Crippen LogP contribution in [-0.4, -0.2) is 45.1 Å². The van der Waals surface area contributed by atoms with E-state index in [1.807, 2.05) is 86.9 Å². The van der Waals surface area contributed by atoms with E-state index in [4.69, 9.17) is 0 Å². The Morgan fingerprint density at radius 1 is 0.974 bits per heavy atom. The second-order valence-electron chi connectivity index (χ2n) is 10.4. The summed E-state index contributed by atoms with van der Waals surface area (Å²) in [5.74, 6) is -0.316. The number of likely N-dealkylation sites (tertiary alicyclic amines) is 1. The van der Waals surface area contributed by atoms with Crippen molar-refractivity contribution >= 4 is 28.3 Å². The number of Topliss-reactive ketones (excluding diaryl/α,β-unsaturated/α-hetero) is 1.